The fourth-order valence-electron chi connectivity index (χ4n) is 5.11. The highest BCUT2D eigenvalue weighted by atomic mass is 32.2. The summed E-state index contributed by atoms with van der Waals surface area (Å²) in [6, 6.07) is 12.7. The molecule has 2 aromatic carbocycles. The first-order valence-corrected chi connectivity index (χ1v) is 13.1. The average molecular weight is 482 g/mol. The zero-order valence-electron chi connectivity index (χ0n) is 18.8. The predicted molar refractivity (Wildman–Crippen MR) is 126 cm³/mol. The molecule has 0 radical (unpaired) electrons. The minimum atomic E-state index is -3.66. The predicted octanol–water partition coefficient (Wildman–Crippen LogP) is 2.01. The molecule has 1 aliphatic carbocycles. The quantitative estimate of drug-likeness (QED) is 0.481. The van der Waals surface area contributed by atoms with E-state index in [0.29, 0.717) is 12.8 Å². The number of nitrogens with zero attached hydrogens (tertiary/aromatic N) is 3. The third-order valence-corrected chi connectivity index (χ3v) is 8.99. The monoisotopic (exact) mass is 481 g/mol. The van der Waals surface area contributed by atoms with Crippen molar-refractivity contribution in [1.82, 2.24) is 14.1 Å². The lowest BCUT2D eigenvalue weighted by Crippen LogP contribution is -2.51. The Kier molecular flexibility index (Phi) is 5.99. The molecule has 2 aromatic rings. The summed E-state index contributed by atoms with van der Waals surface area (Å²) in [5, 5.41) is 1.83. The molecule has 3 amide bonds. The zero-order valence-corrected chi connectivity index (χ0v) is 19.6. The first-order chi connectivity index (χ1) is 16.4. The van der Waals surface area contributed by atoms with Gasteiger partial charge >= 0.3 is 0 Å². The fourth-order valence-corrected chi connectivity index (χ4v) is 6.57. The number of hydrogen-bond donors (Lipinski definition) is 0. The average Bonchev–Trinajstić information content (AvgIpc) is 3.11. The van der Waals surface area contributed by atoms with Gasteiger partial charge in [-0.25, -0.2) is 8.42 Å². The van der Waals surface area contributed by atoms with Crippen molar-refractivity contribution >= 4 is 38.5 Å². The van der Waals surface area contributed by atoms with E-state index >= 15 is 0 Å². The van der Waals surface area contributed by atoms with Gasteiger partial charge in [0.1, 0.15) is 0 Å². The van der Waals surface area contributed by atoms with Gasteiger partial charge in [-0.1, -0.05) is 42.5 Å². The standard InChI is InChI=1S/C25H27N3O5S/c29-23(11-12-28-24(30)21-7-3-4-8-22(21)25(28)31)26-13-15-27(16-14-26)34(32,33)20-10-9-18-5-1-2-6-19(18)17-20/h1-6,9-10,17,21-22H,7-8,11-16H2/t21-,22+. The van der Waals surface area contributed by atoms with E-state index in [1.807, 2.05) is 36.4 Å². The van der Waals surface area contributed by atoms with E-state index in [1.54, 1.807) is 23.1 Å². The summed E-state index contributed by atoms with van der Waals surface area (Å²) in [7, 11) is -3.66. The van der Waals surface area contributed by atoms with Crippen LogP contribution in [0.5, 0.6) is 0 Å². The van der Waals surface area contributed by atoms with Crippen LogP contribution < -0.4 is 0 Å². The molecule has 3 aliphatic rings. The maximum Gasteiger partial charge on any atom is 0.243 e. The molecule has 178 valence electrons. The Morgan fingerprint density at radius 1 is 0.853 bits per heavy atom. The summed E-state index contributed by atoms with van der Waals surface area (Å²) in [4.78, 5) is 41.0. The zero-order chi connectivity index (χ0) is 23.9. The second-order valence-corrected chi connectivity index (χ2v) is 11.0. The lowest BCUT2D eigenvalue weighted by Gasteiger charge is -2.34. The molecule has 9 heteroatoms. The molecule has 0 N–H and O–H groups in total. The molecule has 2 saturated heterocycles. The molecule has 2 heterocycles. The van der Waals surface area contributed by atoms with E-state index in [2.05, 4.69) is 0 Å². The van der Waals surface area contributed by atoms with Crippen LogP contribution in [0.3, 0.4) is 0 Å². The number of carbonyl (C=O) groups excluding carboxylic acids is 3. The number of allylic oxidation sites excluding steroid dienone is 2. The van der Waals surface area contributed by atoms with Crippen LogP contribution >= 0.6 is 0 Å². The van der Waals surface area contributed by atoms with Gasteiger partial charge in [-0.2, -0.15) is 4.31 Å². The summed E-state index contributed by atoms with van der Waals surface area (Å²) in [6.45, 7) is 1.06. The molecule has 2 fully saturated rings. The van der Waals surface area contributed by atoms with Crippen molar-refractivity contribution in [3.8, 4) is 0 Å². The summed E-state index contributed by atoms with van der Waals surface area (Å²) in [5.41, 5.74) is 0. The lowest BCUT2D eigenvalue weighted by atomic mass is 9.85. The highest BCUT2D eigenvalue weighted by Gasteiger charge is 2.47. The number of benzene rings is 2. The first kappa shape index (κ1) is 22.7. The molecule has 5 rings (SSSR count). The number of amides is 3. The molecule has 0 aromatic heterocycles. The molecule has 2 aliphatic heterocycles. The van der Waals surface area contributed by atoms with Crippen LogP contribution in [-0.2, 0) is 24.4 Å². The van der Waals surface area contributed by atoms with Gasteiger partial charge < -0.3 is 4.90 Å². The SMILES string of the molecule is O=C(CCN1C(=O)[C@H]2CC=CC[C@H]2C1=O)N1CCN(S(=O)(=O)c2ccc3ccccc3c2)CC1. The Bertz CT molecular complexity index is 1250. The minimum absolute atomic E-state index is 0.0573. The van der Waals surface area contributed by atoms with Gasteiger partial charge in [-0.15, -0.1) is 0 Å². The van der Waals surface area contributed by atoms with Gasteiger partial charge in [-0.05, 0) is 35.7 Å². The van der Waals surface area contributed by atoms with Crippen LogP contribution in [0.2, 0.25) is 0 Å². The number of carbonyl (C=O) groups is 3. The molecule has 0 bridgehead atoms. The van der Waals surface area contributed by atoms with Crippen LogP contribution in [0.1, 0.15) is 19.3 Å². The molecular weight excluding hydrogens is 454 g/mol. The smallest absolute Gasteiger partial charge is 0.243 e. The van der Waals surface area contributed by atoms with E-state index < -0.39 is 10.0 Å². The number of likely N-dealkylation sites (tertiary alicyclic amines) is 1. The van der Waals surface area contributed by atoms with Crippen molar-refractivity contribution in [2.24, 2.45) is 11.8 Å². The molecule has 0 saturated carbocycles. The van der Waals surface area contributed by atoms with E-state index in [1.165, 1.54) is 9.21 Å². The van der Waals surface area contributed by atoms with Crippen molar-refractivity contribution in [3.05, 3.63) is 54.6 Å². The van der Waals surface area contributed by atoms with Crippen LogP contribution in [0, 0.1) is 11.8 Å². The van der Waals surface area contributed by atoms with Crippen molar-refractivity contribution < 1.29 is 22.8 Å². The molecular formula is C25H27N3O5S. The number of hydrogen-bond acceptors (Lipinski definition) is 5. The lowest BCUT2D eigenvalue weighted by molar-refractivity contribution is -0.141. The number of imide groups is 1. The van der Waals surface area contributed by atoms with Gasteiger partial charge in [0.2, 0.25) is 27.7 Å². The summed E-state index contributed by atoms with van der Waals surface area (Å²) >= 11 is 0. The van der Waals surface area contributed by atoms with Gasteiger partial charge in [0.15, 0.2) is 0 Å². The van der Waals surface area contributed by atoms with E-state index in [0.717, 1.165) is 10.8 Å². The molecule has 0 unspecified atom stereocenters. The largest absolute Gasteiger partial charge is 0.340 e. The maximum absolute atomic E-state index is 13.1. The van der Waals surface area contributed by atoms with Crippen LogP contribution in [-0.4, -0.2) is 73.0 Å². The van der Waals surface area contributed by atoms with Gasteiger partial charge in [-0.3, -0.25) is 19.3 Å². The van der Waals surface area contributed by atoms with Crippen LogP contribution in [0.4, 0.5) is 0 Å². The number of sulfonamides is 1. The van der Waals surface area contributed by atoms with Crippen molar-refractivity contribution in [2.75, 3.05) is 32.7 Å². The molecule has 2 atom stereocenters. The first-order valence-electron chi connectivity index (χ1n) is 11.6. The normalized spacial score (nSPS) is 23.5. The number of fused-ring (bicyclic) bond motifs is 2. The maximum atomic E-state index is 13.1. The Morgan fingerprint density at radius 2 is 1.47 bits per heavy atom. The van der Waals surface area contributed by atoms with Crippen molar-refractivity contribution in [1.29, 1.82) is 0 Å². The van der Waals surface area contributed by atoms with Crippen molar-refractivity contribution in [3.63, 3.8) is 0 Å². The van der Waals surface area contributed by atoms with Crippen LogP contribution in [0.25, 0.3) is 10.8 Å². The second kappa shape index (κ2) is 8.96. The minimum Gasteiger partial charge on any atom is -0.340 e. The Hall–Kier alpha value is -3.04. The Balaban J connectivity index is 1.17. The summed E-state index contributed by atoms with van der Waals surface area (Å²) in [5.74, 6) is -1.12. The Labute approximate surface area is 198 Å². The van der Waals surface area contributed by atoms with Crippen molar-refractivity contribution in [2.45, 2.75) is 24.2 Å². The summed E-state index contributed by atoms with van der Waals surface area (Å²) in [6.07, 6.45) is 5.08. The van der Waals surface area contributed by atoms with E-state index in [-0.39, 0.29) is 73.6 Å². The van der Waals surface area contributed by atoms with Gasteiger partial charge in [0, 0.05) is 39.1 Å². The summed E-state index contributed by atoms with van der Waals surface area (Å²) < 4.78 is 27.7. The molecule has 0 spiro atoms. The Morgan fingerprint density at radius 3 is 2.12 bits per heavy atom. The van der Waals surface area contributed by atoms with Gasteiger partial charge in [0.05, 0.1) is 16.7 Å². The van der Waals surface area contributed by atoms with Crippen LogP contribution in [0.15, 0.2) is 59.5 Å². The van der Waals surface area contributed by atoms with Gasteiger partial charge in [0.25, 0.3) is 0 Å². The number of rotatable bonds is 5. The topological polar surface area (TPSA) is 95.1 Å². The second-order valence-electron chi connectivity index (χ2n) is 9.03. The van der Waals surface area contributed by atoms with E-state index in [9.17, 15) is 22.8 Å². The number of piperazine rings is 1. The third kappa shape index (κ3) is 4.03. The molecule has 8 nitrogen and oxygen atoms in total. The highest BCUT2D eigenvalue weighted by molar-refractivity contribution is 7.89. The highest BCUT2D eigenvalue weighted by Crippen LogP contribution is 2.35. The third-order valence-electron chi connectivity index (χ3n) is 7.10. The molecule has 34 heavy (non-hydrogen) atoms. The fraction of sp³-hybridized carbons (Fsp3) is 0.400. The van der Waals surface area contributed by atoms with E-state index in [4.69, 9.17) is 0 Å².